The van der Waals surface area contributed by atoms with Crippen LogP contribution in [0.15, 0.2) is 41.0 Å². The van der Waals surface area contributed by atoms with E-state index in [1.54, 1.807) is 12.1 Å². The van der Waals surface area contributed by atoms with Crippen molar-refractivity contribution >= 4 is 22.6 Å². The molecule has 11 heteroatoms. The van der Waals surface area contributed by atoms with Crippen LogP contribution in [0.3, 0.4) is 0 Å². The van der Waals surface area contributed by atoms with Crippen molar-refractivity contribution in [3.05, 3.63) is 48.0 Å². The number of anilines is 1. The number of nitrogens with one attached hydrogen (secondary N) is 1. The Kier molecular flexibility index (Phi) is 6.31. The fraction of sp³-hybridized carbons (Fsp3) is 0.316. The molecule has 0 saturated carbocycles. The molecule has 1 aromatic carbocycles. The molecule has 30 heavy (non-hydrogen) atoms. The highest BCUT2D eigenvalue weighted by atomic mass is 32.1. The van der Waals surface area contributed by atoms with Crippen LogP contribution in [0.4, 0.5) is 13.9 Å². The number of ether oxygens (including phenoxy) is 2. The third kappa shape index (κ3) is 5.17. The predicted octanol–water partition coefficient (Wildman–Crippen LogP) is 3.48. The molecule has 0 atom stereocenters. The highest BCUT2D eigenvalue weighted by molar-refractivity contribution is 7.09. The number of carbonyl (C=O) groups excluding carboxylic acids is 1. The van der Waals surface area contributed by atoms with Gasteiger partial charge in [0.2, 0.25) is 5.13 Å². The molecule has 0 spiro atoms. The maximum absolute atomic E-state index is 12.5. The minimum absolute atomic E-state index is 0.00607. The predicted molar refractivity (Wildman–Crippen MR) is 105 cm³/mol. The Morgan fingerprint density at radius 3 is 2.93 bits per heavy atom. The molecule has 0 bridgehead atoms. The summed E-state index contributed by atoms with van der Waals surface area (Å²) in [5.74, 6) is 0.594. The number of amides is 1. The van der Waals surface area contributed by atoms with Gasteiger partial charge in [-0.2, -0.15) is 13.2 Å². The van der Waals surface area contributed by atoms with E-state index in [1.165, 1.54) is 24.5 Å². The molecule has 0 radical (unpaired) electrons. The minimum atomic E-state index is -2.92. The van der Waals surface area contributed by atoms with E-state index in [9.17, 15) is 13.6 Å². The molecule has 2 aromatic heterocycles. The summed E-state index contributed by atoms with van der Waals surface area (Å²) in [6.07, 6.45) is 1.29. The van der Waals surface area contributed by atoms with Gasteiger partial charge in [-0.25, -0.2) is 4.98 Å². The van der Waals surface area contributed by atoms with E-state index in [0.717, 1.165) is 24.6 Å². The lowest BCUT2D eigenvalue weighted by atomic mass is 10.1. The molecular weight excluding hydrogens is 418 g/mol. The van der Waals surface area contributed by atoms with Gasteiger partial charge < -0.3 is 13.9 Å². The number of rotatable bonds is 7. The second-order valence-electron chi connectivity index (χ2n) is 6.46. The molecule has 4 rings (SSSR count). The summed E-state index contributed by atoms with van der Waals surface area (Å²) in [5.41, 5.74) is 0.783. The lowest BCUT2D eigenvalue weighted by Gasteiger charge is -2.25. The number of benzene rings is 1. The normalized spacial score (nSPS) is 14.8. The molecule has 1 aliphatic rings. The second-order valence-corrected chi connectivity index (χ2v) is 7.22. The average molecular weight is 436 g/mol. The van der Waals surface area contributed by atoms with Gasteiger partial charge in [0.05, 0.1) is 25.3 Å². The molecule has 1 amide bonds. The number of halogens is 2. The topological polar surface area (TPSA) is 89.7 Å². The van der Waals surface area contributed by atoms with Crippen LogP contribution in [0.1, 0.15) is 16.2 Å². The fourth-order valence-electron chi connectivity index (χ4n) is 2.93. The summed E-state index contributed by atoms with van der Waals surface area (Å²) < 4.78 is 44.2. The second kappa shape index (κ2) is 9.28. The third-order valence-corrected chi connectivity index (χ3v) is 5.03. The number of hydrogen-bond donors (Lipinski definition) is 1. The Morgan fingerprint density at radius 2 is 2.13 bits per heavy atom. The Labute approximate surface area is 174 Å². The number of hydrogen-bond acceptors (Lipinski definition) is 8. The lowest BCUT2D eigenvalue weighted by Crippen LogP contribution is -2.35. The molecule has 1 fully saturated rings. The molecular formula is C19H18F2N4O4S. The molecule has 3 heterocycles. The zero-order chi connectivity index (χ0) is 20.9. The van der Waals surface area contributed by atoms with Gasteiger partial charge in [0.25, 0.3) is 5.91 Å². The van der Waals surface area contributed by atoms with Gasteiger partial charge in [0.1, 0.15) is 17.8 Å². The van der Waals surface area contributed by atoms with Crippen molar-refractivity contribution in [3.8, 4) is 17.1 Å². The van der Waals surface area contributed by atoms with E-state index in [4.69, 9.17) is 9.15 Å². The van der Waals surface area contributed by atoms with Crippen LogP contribution in [0.25, 0.3) is 11.3 Å². The zero-order valence-electron chi connectivity index (χ0n) is 15.7. The standard InChI is InChI=1S/C19H18F2N4O4S/c20-18(21)29-14-3-1-2-12(8-14)15-9-13(11-28-15)17(26)23-19-22-16(24-30-19)10-25-4-6-27-7-5-25/h1-3,8-9,11,18H,4-7,10H2,(H,22,23,24,26). The first-order valence-corrected chi connectivity index (χ1v) is 9.92. The highest BCUT2D eigenvalue weighted by Crippen LogP contribution is 2.27. The average Bonchev–Trinajstić information content (AvgIpc) is 3.38. The Balaban J connectivity index is 1.39. The number of morpholine rings is 1. The molecule has 1 aliphatic heterocycles. The van der Waals surface area contributed by atoms with Gasteiger partial charge >= 0.3 is 6.61 Å². The van der Waals surface area contributed by atoms with Crippen molar-refractivity contribution < 1.29 is 27.5 Å². The lowest BCUT2D eigenvalue weighted by molar-refractivity contribution is -0.0498. The minimum Gasteiger partial charge on any atom is -0.464 e. The van der Waals surface area contributed by atoms with E-state index in [2.05, 4.69) is 24.3 Å². The first-order chi connectivity index (χ1) is 14.6. The van der Waals surface area contributed by atoms with Crippen LogP contribution in [-0.2, 0) is 11.3 Å². The summed E-state index contributed by atoms with van der Waals surface area (Å²) in [7, 11) is 0. The van der Waals surface area contributed by atoms with Gasteiger partial charge in [-0.3, -0.25) is 15.0 Å². The monoisotopic (exact) mass is 436 g/mol. The molecule has 3 aromatic rings. The van der Waals surface area contributed by atoms with Crippen LogP contribution in [0.2, 0.25) is 0 Å². The van der Waals surface area contributed by atoms with Crippen molar-refractivity contribution in [2.75, 3.05) is 31.6 Å². The Hall–Kier alpha value is -2.89. The fourth-order valence-corrected chi connectivity index (χ4v) is 3.50. The Bertz CT molecular complexity index is 1000. The molecule has 158 valence electrons. The number of carbonyl (C=O) groups is 1. The summed E-state index contributed by atoms with van der Waals surface area (Å²) in [6, 6.07) is 7.58. The van der Waals surface area contributed by atoms with Gasteiger partial charge in [-0.05, 0) is 18.2 Å². The van der Waals surface area contributed by atoms with Crippen molar-refractivity contribution in [1.82, 2.24) is 14.3 Å². The smallest absolute Gasteiger partial charge is 0.387 e. The van der Waals surface area contributed by atoms with Crippen LogP contribution in [-0.4, -0.2) is 53.1 Å². The van der Waals surface area contributed by atoms with Gasteiger partial charge in [0, 0.05) is 30.2 Å². The summed E-state index contributed by atoms with van der Waals surface area (Å²) >= 11 is 1.10. The number of alkyl halides is 2. The van der Waals surface area contributed by atoms with E-state index in [1.807, 2.05) is 0 Å². The van der Waals surface area contributed by atoms with E-state index in [0.29, 0.717) is 42.0 Å². The molecule has 1 saturated heterocycles. The van der Waals surface area contributed by atoms with Gasteiger partial charge in [-0.15, -0.1) is 0 Å². The van der Waals surface area contributed by atoms with Crippen molar-refractivity contribution in [2.45, 2.75) is 13.2 Å². The maximum atomic E-state index is 12.5. The first kappa shape index (κ1) is 20.4. The molecule has 0 aliphatic carbocycles. The van der Waals surface area contributed by atoms with Gasteiger partial charge in [0.15, 0.2) is 5.82 Å². The van der Waals surface area contributed by atoms with Crippen molar-refractivity contribution in [2.24, 2.45) is 0 Å². The molecule has 1 N–H and O–H groups in total. The zero-order valence-corrected chi connectivity index (χ0v) is 16.5. The van der Waals surface area contributed by atoms with Crippen LogP contribution in [0, 0.1) is 0 Å². The van der Waals surface area contributed by atoms with Gasteiger partial charge in [-0.1, -0.05) is 12.1 Å². The van der Waals surface area contributed by atoms with E-state index < -0.39 is 12.5 Å². The summed E-state index contributed by atoms with van der Waals surface area (Å²) in [4.78, 5) is 19.0. The molecule has 8 nitrogen and oxygen atoms in total. The van der Waals surface area contributed by atoms with Crippen LogP contribution in [0.5, 0.6) is 5.75 Å². The van der Waals surface area contributed by atoms with E-state index in [-0.39, 0.29) is 11.3 Å². The van der Waals surface area contributed by atoms with E-state index >= 15 is 0 Å². The largest absolute Gasteiger partial charge is 0.464 e. The van der Waals surface area contributed by atoms with Crippen LogP contribution >= 0.6 is 11.5 Å². The SMILES string of the molecule is O=C(Nc1nc(CN2CCOCC2)ns1)c1coc(-c2cccc(OC(F)F)c2)c1. The summed E-state index contributed by atoms with van der Waals surface area (Å²) in [6.45, 7) is 0.701. The maximum Gasteiger partial charge on any atom is 0.387 e. The number of furan rings is 1. The highest BCUT2D eigenvalue weighted by Gasteiger charge is 2.17. The van der Waals surface area contributed by atoms with Crippen molar-refractivity contribution in [1.29, 1.82) is 0 Å². The number of nitrogens with zero attached hydrogens (tertiary/aromatic N) is 3. The Morgan fingerprint density at radius 1 is 1.30 bits per heavy atom. The first-order valence-electron chi connectivity index (χ1n) is 9.14. The van der Waals surface area contributed by atoms with Crippen molar-refractivity contribution in [3.63, 3.8) is 0 Å². The molecule has 0 unspecified atom stereocenters. The van der Waals surface area contributed by atoms with Crippen LogP contribution < -0.4 is 10.1 Å². The number of aromatic nitrogens is 2. The third-order valence-electron chi connectivity index (χ3n) is 4.36. The summed E-state index contributed by atoms with van der Waals surface area (Å²) in [5, 5.41) is 3.08. The quantitative estimate of drug-likeness (QED) is 0.606.